The molecule has 62 valence electrons. The molecule has 1 saturated heterocycles. The molecule has 1 aliphatic carbocycles. The average Bonchev–Trinajstić information content (AvgIpc) is 2.16. The first-order chi connectivity index (χ1) is 5.09. The third kappa shape index (κ3) is 1.02. The molecule has 1 heterocycles. The van der Waals surface area contributed by atoms with Gasteiger partial charge in [-0.25, -0.2) is 0 Å². The van der Waals surface area contributed by atoms with E-state index in [0.29, 0.717) is 6.10 Å². The maximum Gasteiger partial charge on any atom is 0.0793 e. The molecule has 2 rings (SSSR count). The van der Waals surface area contributed by atoms with Crippen molar-refractivity contribution >= 4 is 0 Å². The Kier molecular flexibility index (Phi) is 1.40. The lowest BCUT2D eigenvalue weighted by Gasteiger charge is -2.23. The van der Waals surface area contributed by atoms with Crippen LogP contribution in [0.4, 0.5) is 0 Å². The van der Waals surface area contributed by atoms with E-state index in [2.05, 4.69) is 26.8 Å². The fourth-order valence-corrected chi connectivity index (χ4v) is 2.17. The summed E-state index contributed by atoms with van der Waals surface area (Å²) >= 11 is 0. The summed E-state index contributed by atoms with van der Waals surface area (Å²) in [7, 11) is 0. The summed E-state index contributed by atoms with van der Waals surface area (Å²) in [5.41, 5.74) is 1.56. The number of fused-ring (bicyclic) bond motifs is 2. The molecule has 2 bridgehead atoms. The van der Waals surface area contributed by atoms with Crippen LogP contribution in [0.3, 0.4) is 0 Å². The largest absolute Gasteiger partial charge is 0.368 e. The summed E-state index contributed by atoms with van der Waals surface area (Å²) in [6, 6.07) is 0. The molecule has 0 saturated carbocycles. The van der Waals surface area contributed by atoms with Gasteiger partial charge in [0.15, 0.2) is 0 Å². The van der Waals surface area contributed by atoms with E-state index < -0.39 is 0 Å². The molecule has 1 aliphatic heterocycles. The SMILES string of the molecule is CC1=CC[C@H]2C[C@@H]1OC2(C)C. The first-order valence-corrected chi connectivity index (χ1v) is 4.44. The summed E-state index contributed by atoms with van der Waals surface area (Å²) in [5, 5.41) is 0. The second-order valence-corrected chi connectivity index (χ2v) is 4.33. The van der Waals surface area contributed by atoms with Gasteiger partial charge >= 0.3 is 0 Å². The highest BCUT2D eigenvalue weighted by Gasteiger charge is 2.43. The van der Waals surface area contributed by atoms with Gasteiger partial charge in [0.05, 0.1) is 11.7 Å². The smallest absolute Gasteiger partial charge is 0.0793 e. The Morgan fingerprint density at radius 3 is 2.91 bits per heavy atom. The molecule has 0 aromatic heterocycles. The van der Waals surface area contributed by atoms with Crippen molar-refractivity contribution in [2.45, 2.75) is 45.3 Å². The lowest BCUT2D eigenvalue weighted by atomic mass is 9.82. The van der Waals surface area contributed by atoms with Gasteiger partial charge in [-0.15, -0.1) is 0 Å². The molecule has 0 spiro atoms. The van der Waals surface area contributed by atoms with Gasteiger partial charge in [-0.05, 0) is 45.1 Å². The predicted molar refractivity (Wildman–Crippen MR) is 45.4 cm³/mol. The molecule has 0 aromatic carbocycles. The van der Waals surface area contributed by atoms with E-state index in [1.54, 1.807) is 0 Å². The molecule has 0 N–H and O–H groups in total. The molecule has 0 aromatic rings. The van der Waals surface area contributed by atoms with Crippen LogP contribution in [-0.2, 0) is 4.74 Å². The first-order valence-electron chi connectivity index (χ1n) is 4.44. The summed E-state index contributed by atoms with van der Waals surface area (Å²) in [4.78, 5) is 0. The standard InChI is InChI=1S/C10H16O/c1-7-4-5-8-6-9(7)11-10(8,2)3/h4,8-9H,5-6H2,1-3H3/t8-,9-/m0/s1. The average molecular weight is 152 g/mol. The van der Waals surface area contributed by atoms with E-state index in [4.69, 9.17) is 4.74 Å². The van der Waals surface area contributed by atoms with Gasteiger partial charge in [0.25, 0.3) is 0 Å². The fraction of sp³-hybridized carbons (Fsp3) is 0.800. The third-order valence-electron chi connectivity index (χ3n) is 3.16. The Morgan fingerprint density at radius 1 is 1.55 bits per heavy atom. The normalized spacial score (nSPS) is 40.5. The van der Waals surface area contributed by atoms with E-state index in [1.165, 1.54) is 18.4 Å². The van der Waals surface area contributed by atoms with Gasteiger partial charge in [-0.2, -0.15) is 0 Å². The van der Waals surface area contributed by atoms with Gasteiger partial charge in [-0.3, -0.25) is 0 Å². The van der Waals surface area contributed by atoms with Gasteiger partial charge in [0, 0.05) is 0 Å². The predicted octanol–water partition coefficient (Wildman–Crippen LogP) is 2.52. The summed E-state index contributed by atoms with van der Waals surface area (Å²) in [6.07, 6.45) is 5.24. The molecule has 2 atom stereocenters. The van der Waals surface area contributed by atoms with Crippen molar-refractivity contribution < 1.29 is 4.74 Å². The maximum atomic E-state index is 5.92. The molecular formula is C10H16O. The minimum Gasteiger partial charge on any atom is -0.368 e. The van der Waals surface area contributed by atoms with Crippen LogP contribution in [0.2, 0.25) is 0 Å². The van der Waals surface area contributed by atoms with Crippen LogP contribution in [0, 0.1) is 5.92 Å². The quantitative estimate of drug-likeness (QED) is 0.485. The number of rotatable bonds is 0. The van der Waals surface area contributed by atoms with Crippen molar-refractivity contribution in [3.05, 3.63) is 11.6 Å². The third-order valence-corrected chi connectivity index (χ3v) is 3.16. The second-order valence-electron chi connectivity index (χ2n) is 4.33. The topological polar surface area (TPSA) is 9.23 Å². The van der Waals surface area contributed by atoms with Crippen molar-refractivity contribution in [2.24, 2.45) is 5.92 Å². The molecule has 0 unspecified atom stereocenters. The zero-order valence-corrected chi connectivity index (χ0v) is 7.55. The van der Waals surface area contributed by atoms with Crippen LogP contribution in [0.1, 0.15) is 33.6 Å². The number of allylic oxidation sites excluding steroid dienone is 1. The Balaban J connectivity index is 2.25. The molecule has 1 fully saturated rings. The Bertz CT molecular complexity index is 203. The monoisotopic (exact) mass is 152 g/mol. The van der Waals surface area contributed by atoms with Crippen molar-refractivity contribution in [1.82, 2.24) is 0 Å². The lowest BCUT2D eigenvalue weighted by molar-refractivity contribution is -0.0136. The van der Waals surface area contributed by atoms with Gasteiger partial charge < -0.3 is 4.74 Å². The number of ether oxygens (including phenoxy) is 1. The Labute approximate surface area is 68.4 Å². The van der Waals surface area contributed by atoms with Crippen LogP contribution in [0.25, 0.3) is 0 Å². The van der Waals surface area contributed by atoms with E-state index in [-0.39, 0.29) is 5.60 Å². The lowest BCUT2D eigenvalue weighted by Crippen LogP contribution is -2.26. The number of hydrogen-bond donors (Lipinski definition) is 0. The molecule has 0 radical (unpaired) electrons. The van der Waals surface area contributed by atoms with Crippen LogP contribution >= 0.6 is 0 Å². The van der Waals surface area contributed by atoms with Crippen molar-refractivity contribution in [3.8, 4) is 0 Å². The van der Waals surface area contributed by atoms with Crippen LogP contribution < -0.4 is 0 Å². The van der Waals surface area contributed by atoms with Gasteiger partial charge in [0.2, 0.25) is 0 Å². The number of hydrogen-bond acceptors (Lipinski definition) is 1. The highest BCUT2D eigenvalue weighted by molar-refractivity contribution is 5.15. The zero-order chi connectivity index (χ0) is 8.06. The molecule has 2 aliphatic rings. The highest BCUT2D eigenvalue weighted by Crippen LogP contribution is 2.43. The van der Waals surface area contributed by atoms with Crippen molar-refractivity contribution in [1.29, 1.82) is 0 Å². The fourth-order valence-electron chi connectivity index (χ4n) is 2.17. The maximum absolute atomic E-state index is 5.92. The molecular weight excluding hydrogens is 136 g/mol. The van der Waals surface area contributed by atoms with Crippen LogP contribution in [-0.4, -0.2) is 11.7 Å². The minimum atomic E-state index is 0.124. The minimum absolute atomic E-state index is 0.124. The summed E-state index contributed by atoms with van der Waals surface area (Å²) < 4.78 is 5.92. The molecule has 11 heavy (non-hydrogen) atoms. The Morgan fingerprint density at radius 2 is 2.27 bits per heavy atom. The van der Waals surface area contributed by atoms with Gasteiger partial charge in [-0.1, -0.05) is 6.08 Å². The first kappa shape index (κ1) is 7.35. The molecule has 0 amide bonds. The molecule has 1 nitrogen and oxygen atoms in total. The summed E-state index contributed by atoms with van der Waals surface area (Å²) in [5.74, 6) is 0.760. The summed E-state index contributed by atoms with van der Waals surface area (Å²) in [6.45, 7) is 6.61. The van der Waals surface area contributed by atoms with Crippen molar-refractivity contribution in [2.75, 3.05) is 0 Å². The van der Waals surface area contributed by atoms with Crippen LogP contribution in [0.15, 0.2) is 11.6 Å². The van der Waals surface area contributed by atoms with Crippen LogP contribution in [0.5, 0.6) is 0 Å². The highest BCUT2D eigenvalue weighted by atomic mass is 16.5. The second kappa shape index (κ2) is 2.10. The van der Waals surface area contributed by atoms with Crippen molar-refractivity contribution in [3.63, 3.8) is 0 Å². The van der Waals surface area contributed by atoms with E-state index >= 15 is 0 Å². The van der Waals surface area contributed by atoms with E-state index in [9.17, 15) is 0 Å². The van der Waals surface area contributed by atoms with E-state index in [1.807, 2.05) is 0 Å². The zero-order valence-electron chi connectivity index (χ0n) is 7.55. The van der Waals surface area contributed by atoms with Gasteiger partial charge in [0.1, 0.15) is 0 Å². The molecule has 1 heteroatoms. The Hall–Kier alpha value is -0.300. The van der Waals surface area contributed by atoms with E-state index in [0.717, 1.165) is 5.92 Å².